The van der Waals surface area contributed by atoms with E-state index in [4.69, 9.17) is 4.74 Å². The van der Waals surface area contributed by atoms with Crippen molar-refractivity contribution in [3.8, 4) is 0 Å². The lowest BCUT2D eigenvalue weighted by molar-refractivity contribution is -0.145. The van der Waals surface area contributed by atoms with E-state index in [9.17, 15) is 4.79 Å². The Labute approximate surface area is 106 Å². The van der Waals surface area contributed by atoms with Gasteiger partial charge in [0, 0.05) is 16.6 Å². The molecule has 1 heterocycles. The molecule has 3 heteroatoms. The predicted octanol–water partition coefficient (Wildman–Crippen LogP) is 2.75. The molecule has 0 amide bonds. The first-order valence-electron chi connectivity index (χ1n) is 6.37. The predicted molar refractivity (Wildman–Crippen MR) is 70.6 cm³/mol. The molecule has 0 saturated carbocycles. The lowest BCUT2D eigenvalue weighted by Crippen LogP contribution is -2.23. The van der Waals surface area contributed by atoms with Crippen LogP contribution >= 0.6 is 0 Å². The number of aromatic nitrogens is 1. The van der Waals surface area contributed by atoms with Gasteiger partial charge in [0.15, 0.2) is 0 Å². The number of esters is 1. The molecule has 1 aromatic heterocycles. The van der Waals surface area contributed by atoms with Crippen molar-refractivity contribution < 1.29 is 9.53 Å². The van der Waals surface area contributed by atoms with Gasteiger partial charge in [-0.15, -0.1) is 0 Å². The third-order valence-corrected chi connectivity index (χ3v) is 3.88. The first-order chi connectivity index (χ1) is 8.69. The zero-order valence-corrected chi connectivity index (χ0v) is 10.7. The highest BCUT2D eigenvalue weighted by Crippen LogP contribution is 2.32. The van der Waals surface area contributed by atoms with Gasteiger partial charge in [-0.2, -0.15) is 0 Å². The molecular formula is C15H17NO2. The molecule has 3 nitrogen and oxygen atoms in total. The summed E-state index contributed by atoms with van der Waals surface area (Å²) in [5.74, 6) is -0.0651. The molecule has 1 aromatic carbocycles. The van der Waals surface area contributed by atoms with E-state index in [2.05, 4.69) is 30.1 Å². The number of aryl methyl sites for hydroxylation is 2. The third-order valence-electron chi connectivity index (χ3n) is 3.88. The smallest absolute Gasteiger partial charge is 0.309 e. The van der Waals surface area contributed by atoms with Gasteiger partial charge >= 0.3 is 5.97 Å². The van der Waals surface area contributed by atoms with Crippen LogP contribution in [0.4, 0.5) is 0 Å². The minimum Gasteiger partial charge on any atom is -0.469 e. The summed E-state index contributed by atoms with van der Waals surface area (Å²) in [7, 11) is 1.47. The molecule has 94 valence electrons. The molecule has 0 bridgehead atoms. The van der Waals surface area contributed by atoms with Crippen LogP contribution in [0, 0.1) is 12.8 Å². The third kappa shape index (κ3) is 1.70. The van der Waals surface area contributed by atoms with Crippen molar-refractivity contribution in [3.05, 3.63) is 35.0 Å². The molecule has 1 atom stereocenters. The second-order valence-corrected chi connectivity index (χ2v) is 5.09. The molecule has 3 rings (SSSR count). The Morgan fingerprint density at radius 2 is 2.28 bits per heavy atom. The van der Waals surface area contributed by atoms with Gasteiger partial charge in [-0.25, -0.2) is 0 Å². The summed E-state index contributed by atoms with van der Waals surface area (Å²) in [6.07, 6.45) is 2.61. The molecule has 0 radical (unpaired) electrons. The largest absolute Gasteiger partial charge is 0.469 e. The molecule has 0 saturated heterocycles. The zero-order valence-electron chi connectivity index (χ0n) is 10.7. The summed E-state index contributed by atoms with van der Waals surface area (Å²) in [5, 5.41) is 1.26. The number of carbonyl (C=O) groups is 1. The maximum atomic E-state index is 11.7. The molecule has 1 N–H and O–H groups in total. The van der Waals surface area contributed by atoms with Crippen molar-refractivity contribution >= 4 is 16.9 Å². The van der Waals surface area contributed by atoms with Crippen LogP contribution in [0.25, 0.3) is 10.9 Å². The fourth-order valence-electron chi connectivity index (χ4n) is 2.90. The molecule has 0 fully saturated rings. The molecule has 0 aliphatic heterocycles. The van der Waals surface area contributed by atoms with Crippen LogP contribution in [0.5, 0.6) is 0 Å². The van der Waals surface area contributed by atoms with E-state index in [1.54, 1.807) is 0 Å². The number of rotatable bonds is 1. The summed E-state index contributed by atoms with van der Waals surface area (Å²) in [6.45, 7) is 2.10. The molecule has 1 aliphatic carbocycles. The summed E-state index contributed by atoms with van der Waals surface area (Å²) in [4.78, 5) is 15.1. The highest BCUT2D eigenvalue weighted by Gasteiger charge is 2.27. The van der Waals surface area contributed by atoms with Crippen LogP contribution < -0.4 is 0 Å². The van der Waals surface area contributed by atoms with E-state index in [0.717, 1.165) is 19.3 Å². The maximum absolute atomic E-state index is 11.7. The van der Waals surface area contributed by atoms with Crippen molar-refractivity contribution in [2.45, 2.75) is 26.2 Å². The summed E-state index contributed by atoms with van der Waals surface area (Å²) < 4.78 is 4.87. The van der Waals surface area contributed by atoms with E-state index >= 15 is 0 Å². The summed E-state index contributed by atoms with van der Waals surface area (Å²) in [5.41, 5.74) is 5.02. The monoisotopic (exact) mass is 243 g/mol. The Morgan fingerprint density at radius 3 is 3.06 bits per heavy atom. The standard InChI is InChI=1S/C15H17NO2/c1-9-3-5-13-11(7-9)12-8-10(15(17)18-2)4-6-14(12)16-13/h3,5,7,10,16H,4,6,8H2,1-2H3. The van der Waals surface area contributed by atoms with Gasteiger partial charge in [0.1, 0.15) is 0 Å². The number of H-pyrrole nitrogens is 1. The van der Waals surface area contributed by atoms with Gasteiger partial charge in [0.25, 0.3) is 0 Å². The fraction of sp³-hybridized carbons (Fsp3) is 0.400. The number of aromatic amines is 1. The van der Waals surface area contributed by atoms with Gasteiger partial charge in [0.2, 0.25) is 0 Å². The van der Waals surface area contributed by atoms with E-state index < -0.39 is 0 Å². The molecule has 18 heavy (non-hydrogen) atoms. The SMILES string of the molecule is COC(=O)C1CCc2[nH]c3ccc(C)cc3c2C1. The molecule has 0 spiro atoms. The van der Waals surface area contributed by atoms with E-state index in [0.29, 0.717) is 0 Å². The van der Waals surface area contributed by atoms with Gasteiger partial charge in [-0.05, 0) is 43.9 Å². The van der Waals surface area contributed by atoms with Crippen LogP contribution in [0.2, 0.25) is 0 Å². The van der Waals surface area contributed by atoms with Crippen LogP contribution in [-0.2, 0) is 22.4 Å². The molecule has 2 aromatic rings. The first kappa shape index (κ1) is 11.3. The number of methoxy groups -OCH3 is 1. The average molecular weight is 243 g/mol. The van der Waals surface area contributed by atoms with Crippen LogP contribution in [-0.4, -0.2) is 18.1 Å². The van der Waals surface area contributed by atoms with Crippen molar-refractivity contribution in [3.63, 3.8) is 0 Å². The Bertz CT molecular complexity index is 612. The van der Waals surface area contributed by atoms with Crippen molar-refractivity contribution in [1.82, 2.24) is 4.98 Å². The van der Waals surface area contributed by atoms with Gasteiger partial charge in [-0.1, -0.05) is 11.6 Å². The number of nitrogens with one attached hydrogen (secondary N) is 1. The number of hydrogen-bond acceptors (Lipinski definition) is 2. The Morgan fingerprint density at radius 1 is 1.44 bits per heavy atom. The molecule has 1 unspecified atom stereocenters. The second-order valence-electron chi connectivity index (χ2n) is 5.09. The van der Waals surface area contributed by atoms with E-state index in [1.807, 2.05) is 0 Å². The second kappa shape index (κ2) is 4.16. The minimum atomic E-state index is -0.0809. The Kier molecular flexibility index (Phi) is 2.62. The van der Waals surface area contributed by atoms with Gasteiger partial charge < -0.3 is 9.72 Å². The quantitative estimate of drug-likeness (QED) is 0.782. The van der Waals surface area contributed by atoms with Crippen molar-refractivity contribution in [1.29, 1.82) is 0 Å². The lowest BCUT2D eigenvalue weighted by atomic mass is 9.86. The maximum Gasteiger partial charge on any atom is 0.309 e. The van der Waals surface area contributed by atoms with Gasteiger partial charge in [-0.3, -0.25) is 4.79 Å². The first-order valence-corrected chi connectivity index (χ1v) is 6.37. The number of ether oxygens (including phenoxy) is 1. The van der Waals surface area contributed by atoms with Gasteiger partial charge in [0.05, 0.1) is 13.0 Å². The van der Waals surface area contributed by atoms with Crippen LogP contribution in [0.3, 0.4) is 0 Å². The summed E-state index contributed by atoms with van der Waals surface area (Å²) in [6, 6.07) is 6.43. The Balaban J connectivity index is 2.05. The number of fused-ring (bicyclic) bond motifs is 3. The Hall–Kier alpha value is -1.77. The van der Waals surface area contributed by atoms with Crippen molar-refractivity contribution in [2.75, 3.05) is 7.11 Å². The number of benzene rings is 1. The topological polar surface area (TPSA) is 42.1 Å². The van der Waals surface area contributed by atoms with Crippen LogP contribution in [0.15, 0.2) is 18.2 Å². The highest BCUT2D eigenvalue weighted by molar-refractivity contribution is 5.86. The number of carbonyl (C=O) groups excluding carboxylic acids is 1. The van der Waals surface area contributed by atoms with Crippen molar-refractivity contribution in [2.24, 2.45) is 5.92 Å². The highest BCUT2D eigenvalue weighted by atomic mass is 16.5. The molecule has 1 aliphatic rings. The number of hydrogen-bond donors (Lipinski definition) is 1. The normalized spacial score (nSPS) is 18.7. The molecular weight excluding hydrogens is 226 g/mol. The average Bonchev–Trinajstić information content (AvgIpc) is 2.75. The van der Waals surface area contributed by atoms with E-state index in [1.165, 1.54) is 34.8 Å². The van der Waals surface area contributed by atoms with E-state index in [-0.39, 0.29) is 11.9 Å². The fourth-order valence-corrected chi connectivity index (χ4v) is 2.90. The summed E-state index contributed by atoms with van der Waals surface area (Å²) >= 11 is 0. The van der Waals surface area contributed by atoms with Crippen LogP contribution in [0.1, 0.15) is 23.2 Å². The minimum absolute atomic E-state index is 0.0158. The lowest BCUT2D eigenvalue weighted by Gasteiger charge is -2.20. The zero-order chi connectivity index (χ0) is 12.7.